The summed E-state index contributed by atoms with van der Waals surface area (Å²) in [7, 11) is 0. The molecule has 0 spiro atoms. The fraction of sp³-hybridized carbons (Fsp3) is 0.214. The molecule has 1 aliphatic rings. The van der Waals surface area contributed by atoms with Gasteiger partial charge < -0.3 is 10.2 Å². The third-order valence-corrected chi connectivity index (χ3v) is 7.41. The van der Waals surface area contributed by atoms with E-state index in [0.29, 0.717) is 18.4 Å². The minimum absolute atomic E-state index is 0.187. The number of aromatic amines is 1. The first kappa shape index (κ1) is 23.3. The Labute approximate surface area is 218 Å². The Morgan fingerprint density at radius 1 is 1.00 bits per heavy atom. The minimum atomic E-state index is -0.427. The van der Waals surface area contributed by atoms with E-state index < -0.39 is 5.69 Å². The van der Waals surface area contributed by atoms with Gasteiger partial charge in [0.05, 0.1) is 15.7 Å². The van der Waals surface area contributed by atoms with Crippen molar-refractivity contribution in [2.75, 3.05) is 23.3 Å². The number of H-pyrrole nitrogens is 1. The molecule has 6 rings (SSSR count). The van der Waals surface area contributed by atoms with Crippen molar-refractivity contribution in [3.05, 3.63) is 106 Å². The molecule has 2 N–H and O–H groups in total. The quantitative estimate of drug-likeness (QED) is 0.311. The van der Waals surface area contributed by atoms with Gasteiger partial charge in [0.25, 0.3) is 0 Å². The molecule has 3 aromatic carbocycles. The molecule has 9 heteroatoms. The van der Waals surface area contributed by atoms with Crippen molar-refractivity contribution in [1.82, 2.24) is 24.8 Å². The zero-order chi connectivity index (χ0) is 25.0. The molecule has 37 heavy (non-hydrogen) atoms. The summed E-state index contributed by atoms with van der Waals surface area (Å²) in [5.74, 6) is 0.802. The van der Waals surface area contributed by atoms with Crippen molar-refractivity contribution in [2.45, 2.75) is 25.6 Å². The van der Waals surface area contributed by atoms with E-state index in [-0.39, 0.29) is 6.04 Å². The molecular formula is C28H27N7OS. The number of nitrogens with zero attached hydrogens (tertiary/aromatic N) is 5. The molecule has 1 fully saturated rings. The largest absolute Gasteiger partial charge is 0.351 e. The Hall–Kier alpha value is -4.08. The van der Waals surface area contributed by atoms with E-state index in [1.54, 1.807) is 11.3 Å². The van der Waals surface area contributed by atoms with E-state index in [1.807, 2.05) is 48.0 Å². The summed E-state index contributed by atoms with van der Waals surface area (Å²) in [6.45, 7) is 3.39. The summed E-state index contributed by atoms with van der Waals surface area (Å²) in [4.78, 5) is 33.4. The summed E-state index contributed by atoms with van der Waals surface area (Å²) < 4.78 is 1.07. The number of benzene rings is 3. The average Bonchev–Trinajstić information content (AvgIpc) is 3.57. The van der Waals surface area contributed by atoms with Gasteiger partial charge in [-0.15, -0.1) is 11.3 Å². The smallest absolute Gasteiger partial charge is 0.332 e. The van der Waals surface area contributed by atoms with E-state index >= 15 is 0 Å². The van der Waals surface area contributed by atoms with Crippen LogP contribution in [0.4, 0.5) is 17.6 Å². The molecule has 0 bridgehead atoms. The number of hydrogen-bond donors (Lipinski definition) is 2. The zero-order valence-corrected chi connectivity index (χ0v) is 21.1. The third-order valence-electron chi connectivity index (χ3n) is 6.62. The van der Waals surface area contributed by atoms with Crippen molar-refractivity contribution in [1.29, 1.82) is 0 Å². The second-order valence-corrected chi connectivity index (χ2v) is 10.1. The van der Waals surface area contributed by atoms with Crippen LogP contribution in [-0.4, -0.2) is 44.0 Å². The Morgan fingerprint density at radius 3 is 2.59 bits per heavy atom. The predicted molar refractivity (Wildman–Crippen MR) is 148 cm³/mol. The highest BCUT2D eigenvalue weighted by molar-refractivity contribution is 7.16. The number of anilines is 3. The number of thiazole rings is 1. The first-order valence-electron chi connectivity index (χ1n) is 12.3. The highest BCUT2D eigenvalue weighted by atomic mass is 32.1. The van der Waals surface area contributed by atoms with Crippen LogP contribution in [0, 0.1) is 0 Å². The van der Waals surface area contributed by atoms with Crippen molar-refractivity contribution >= 4 is 39.1 Å². The maximum Gasteiger partial charge on any atom is 0.351 e. The molecule has 1 unspecified atom stereocenters. The van der Waals surface area contributed by atoms with Crippen molar-refractivity contribution in [3.63, 3.8) is 0 Å². The summed E-state index contributed by atoms with van der Waals surface area (Å²) in [6, 6.07) is 26.9. The molecule has 1 saturated heterocycles. The maximum absolute atomic E-state index is 12.7. The summed E-state index contributed by atoms with van der Waals surface area (Å²) >= 11 is 1.57. The number of likely N-dealkylation sites (tertiary alicyclic amines) is 1. The van der Waals surface area contributed by atoms with Crippen molar-refractivity contribution in [3.8, 4) is 0 Å². The molecule has 0 aliphatic carbocycles. The second-order valence-electron chi connectivity index (χ2n) is 9.24. The molecule has 186 valence electrons. The van der Waals surface area contributed by atoms with Gasteiger partial charge in [-0.2, -0.15) is 9.97 Å². The van der Waals surface area contributed by atoms with Gasteiger partial charge in [-0.3, -0.25) is 9.88 Å². The number of aromatic nitrogens is 4. The number of hydrogen-bond acceptors (Lipinski definition) is 8. The highest BCUT2D eigenvalue weighted by Crippen LogP contribution is 2.26. The first-order valence-corrected chi connectivity index (χ1v) is 13.2. The molecule has 0 radical (unpaired) electrons. The normalized spacial score (nSPS) is 15.7. The third kappa shape index (κ3) is 5.52. The van der Waals surface area contributed by atoms with Crippen molar-refractivity contribution < 1.29 is 0 Å². The van der Waals surface area contributed by atoms with E-state index in [0.717, 1.165) is 47.5 Å². The highest BCUT2D eigenvalue weighted by Gasteiger charge is 2.30. The lowest BCUT2D eigenvalue weighted by atomic mass is 10.1. The summed E-state index contributed by atoms with van der Waals surface area (Å²) in [5.41, 5.74) is 5.63. The number of rotatable bonds is 8. The van der Waals surface area contributed by atoms with Crippen LogP contribution in [0.3, 0.4) is 0 Å². The van der Waals surface area contributed by atoms with Gasteiger partial charge in [0.2, 0.25) is 11.9 Å². The van der Waals surface area contributed by atoms with Gasteiger partial charge in [-0.25, -0.2) is 9.78 Å². The number of nitrogens with one attached hydrogen (secondary N) is 2. The van der Waals surface area contributed by atoms with Crippen LogP contribution in [0.1, 0.15) is 17.5 Å². The van der Waals surface area contributed by atoms with Gasteiger partial charge >= 0.3 is 5.69 Å². The average molecular weight is 510 g/mol. The van der Waals surface area contributed by atoms with Crippen LogP contribution in [0.2, 0.25) is 0 Å². The van der Waals surface area contributed by atoms with E-state index in [2.05, 4.69) is 66.5 Å². The zero-order valence-electron chi connectivity index (χ0n) is 20.2. The Bertz CT molecular complexity index is 1540. The van der Waals surface area contributed by atoms with Gasteiger partial charge in [0, 0.05) is 37.9 Å². The van der Waals surface area contributed by atoms with Crippen LogP contribution in [0.15, 0.2) is 89.2 Å². The van der Waals surface area contributed by atoms with Gasteiger partial charge in [0.15, 0.2) is 0 Å². The fourth-order valence-corrected chi connectivity index (χ4v) is 5.54. The Morgan fingerprint density at radius 2 is 1.78 bits per heavy atom. The summed E-state index contributed by atoms with van der Waals surface area (Å²) in [6.07, 6.45) is 0.973. The van der Waals surface area contributed by atoms with E-state index in [4.69, 9.17) is 4.98 Å². The predicted octanol–water partition coefficient (Wildman–Crippen LogP) is 4.80. The second kappa shape index (κ2) is 10.5. The van der Waals surface area contributed by atoms with Crippen LogP contribution in [0.5, 0.6) is 0 Å². The Kier molecular flexibility index (Phi) is 6.62. The van der Waals surface area contributed by atoms with Gasteiger partial charge in [-0.05, 0) is 35.7 Å². The molecular weight excluding hydrogens is 482 g/mol. The number of fused-ring (bicyclic) bond motifs is 1. The monoisotopic (exact) mass is 509 g/mol. The first-order chi connectivity index (χ1) is 18.2. The molecule has 8 nitrogen and oxygen atoms in total. The maximum atomic E-state index is 12.7. The molecule has 2 aromatic heterocycles. The summed E-state index contributed by atoms with van der Waals surface area (Å²) in [5, 5.41) is 3.25. The molecule has 1 aliphatic heterocycles. The fourth-order valence-electron chi connectivity index (χ4n) is 4.83. The molecule has 5 aromatic rings. The molecule has 3 heterocycles. The van der Waals surface area contributed by atoms with Crippen LogP contribution in [-0.2, 0) is 13.1 Å². The Balaban J connectivity index is 1.27. The van der Waals surface area contributed by atoms with Gasteiger partial charge in [0.1, 0.15) is 0 Å². The lowest BCUT2D eigenvalue weighted by molar-refractivity contribution is 0.324. The van der Waals surface area contributed by atoms with E-state index in [1.165, 1.54) is 5.56 Å². The SMILES string of the molecule is O=c1nc(N(Cc2ccccc2)C2CCN(Cc3ccccc3)C2)nc(Nc2ccc3ncsc3c2)[nH]1. The lowest BCUT2D eigenvalue weighted by Crippen LogP contribution is -2.39. The standard InChI is InChI=1S/C28H27N7OS/c36-28-32-26(30-22-11-12-24-25(15-22)37-19-29-24)31-27(33-28)35(17-21-9-5-2-6-10-21)23-13-14-34(18-23)16-20-7-3-1-4-8-20/h1-12,15,19,23H,13-14,16-18H2,(H2,30,31,32,33,36). The minimum Gasteiger partial charge on any atom is -0.332 e. The van der Waals surface area contributed by atoms with Crippen LogP contribution >= 0.6 is 11.3 Å². The van der Waals surface area contributed by atoms with E-state index in [9.17, 15) is 4.79 Å². The van der Waals surface area contributed by atoms with Crippen molar-refractivity contribution in [2.24, 2.45) is 0 Å². The van der Waals surface area contributed by atoms with Crippen LogP contribution < -0.4 is 15.9 Å². The molecule has 0 saturated carbocycles. The van der Waals surface area contributed by atoms with Crippen LogP contribution in [0.25, 0.3) is 10.2 Å². The lowest BCUT2D eigenvalue weighted by Gasteiger charge is -2.29. The van der Waals surface area contributed by atoms with Gasteiger partial charge in [-0.1, -0.05) is 60.7 Å². The molecule has 0 amide bonds. The molecule has 1 atom stereocenters. The topological polar surface area (TPSA) is 90.0 Å².